The highest BCUT2D eigenvalue weighted by molar-refractivity contribution is 5.56. The topological polar surface area (TPSA) is 39.3 Å². The van der Waals surface area contributed by atoms with Gasteiger partial charge >= 0.3 is 0 Å². The van der Waals surface area contributed by atoms with E-state index in [9.17, 15) is 4.79 Å². The van der Waals surface area contributed by atoms with Crippen LogP contribution < -0.4 is 5.56 Å². The third-order valence-electron chi connectivity index (χ3n) is 4.43. The Hall–Kier alpha value is -1.58. The minimum Gasteiger partial charge on any atom is -0.298 e. The van der Waals surface area contributed by atoms with Crippen LogP contribution in [-0.2, 0) is 6.54 Å². The average molecular weight is 229 g/mol. The first-order chi connectivity index (χ1) is 8.29. The quantitative estimate of drug-likeness (QED) is 0.749. The lowest BCUT2D eigenvalue weighted by molar-refractivity contribution is 0.598. The molecule has 2 bridgehead atoms. The molecule has 0 aromatic carbocycles. The normalized spacial score (nSPS) is 25.7. The maximum Gasteiger partial charge on any atom is 0.291 e. The minimum atomic E-state index is 0.0452. The first-order valence-electron chi connectivity index (χ1n) is 6.40. The Balaban J connectivity index is 2.08. The molecule has 17 heavy (non-hydrogen) atoms. The largest absolute Gasteiger partial charge is 0.298 e. The zero-order chi connectivity index (χ0) is 11.6. The molecule has 2 aliphatic carbocycles. The summed E-state index contributed by atoms with van der Waals surface area (Å²) in [6.45, 7) is 2.59. The van der Waals surface area contributed by atoms with Crippen LogP contribution in [0.5, 0.6) is 0 Å². The number of hydrogen-bond acceptors (Lipinski definition) is 2. The standard InChI is InChI=1S/C13H15N3O/c1-2-16-13(17)11-6-10-8-3-4-9(5-8)12(10)15(11)7-14-16/h6-9H,2-5H2,1H3. The Morgan fingerprint density at radius 2 is 2.24 bits per heavy atom. The van der Waals surface area contributed by atoms with Crippen LogP contribution >= 0.6 is 0 Å². The van der Waals surface area contributed by atoms with E-state index in [0.29, 0.717) is 18.4 Å². The minimum absolute atomic E-state index is 0.0452. The van der Waals surface area contributed by atoms with Gasteiger partial charge in [0.1, 0.15) is 11.8 Å². The molecule has 2 aliphatic rings. The van der Waals surface area contributed by atoms with Gasteiger partial charge in [0.2, 0.25) is 0 Å². The summed E-state index contributed by atoms with van der Waals surface area (Å²) < 4.78 is 3.57. The van der Waals surface area contributed by atoms with Gasteiger partial charge in [0, 0.05) is 18.2 Å². The van der Waals surface area contributed by atoms with Crippen molar-refractivity contribution in [2.75, 3.05) is 0 Å². The van der Waals surface area contributed by atoms with Gasteiger partial charge in [-0.05, 0) is 43.7 Å². The Kier molecular flexibility index (Phi) is 1.67. The van der Waals surface area contributed by atoms with Crippen LogP contribution in [0.4, 0.5) is 0 Å². The molecule has 2 atom stereocenters. The third-order valence-corrected chi connectivity index (χ3v) is 4.43. The van der Waals surface area contributed by atoms with E-state index < -0.39 is 0 Å². The van der Waals surface area contributed by atoms with Crippen LogP contribution in [0.25, 0.3) is 5.52 Å². The van der Waals surface area contributed by atoms with Gasteiger partial charge in [-0.1, -0.05) is 0 Å². The summed E-state index contributed by atoms with van der Waals surface area (Å²) in [6.07, 6.45) is 5.68. The Labute approximate surface area is 98.9 Å². The molecule has 2 aromatic heterocycles. The molecular formula is C13H15N3O. The van der Waals surface area contributed by atoms with E-state index in [2.05, 4.69) is 11.2 Å². The molecule has 0 amide bonds. The van der Waals surface area contributed by atoms with Gasteiger partial charge in [-0.15, -0.1) is 0 Å². The second kappa shape index (κ2) is 3.00. The van der Waals surface area contributed by atoms with E-state index in [1.54, 1.807) is 0 Å². The van der Waals surface area contributed by atoms with Crippen molar-refractivity contribution >= 4 is 5.52 Å². The molecule has 4 nitrogen and oxygen atoms in total. The molecule has 4 heteroatoms. The van der Waals surface area contributed by atoms with E-state index in [4.69, 9.17) is 0 Å². The zero-order valence-corrected chi connectivity index (χ0v) is 9.89. The number of aryl methyl sites for hydroxylation is 1. The molecular weight excluding hydrogens is 214 g/mol. The molecule has 0 spiro atoms. The SMILES string of the molecule is CCn1ncn2c3c(cc2c1=O)C1CCC3C1. The summed E-state index contributed by atoms with van der Waals surface area (Å²) in [7, 11) is 0. The summed E-state index contributed by atoms with van der Waals surface area (Å²) in [5, 5.41) is 4.23. The average Bonchev–Trinajstić information content (AvgIpc) is 3.00. The lowest BCUT2D eigenvalue weighted by Gasteiger charge is -2.11. The summed E-state index contributed by atoms with van der Waals surface area (Å²) in [5.74, 6) is 1.36. The fourth-order valence-corrected chi connectivity index (χ4v) is 3.64. The fourth-order valence-electron chi connectivity index (χ4n) is 3.64. The number of fused-ring (bicyclic) bond motifs is 7. The van der Waals surface area contributed by atoms with Crippen LogP contribution in [-0.4, -0.2) is 14.2 Å². The third kappa shape index (κ3) is 1.03. The maximum atomic E-state index is 12.2. The lowest BCUT2D eigenvalue weighted by atomic mass is 9.98. The highest BCUT2D eigenvalue weighted by atomic mass is 16.1. The van der Waals surface area contributed by atoms with Crippen LogP contribution in [0, 0.1) is 0 Å². The van der Waals surface area contributed by atoms with Gasteiger partial charge in [0.15, 0.2) is 0 Å². The fraction of sp³-hybridized carbons (Fsp3) is 0.538. The Morgan fingerprint density at radius 1 is 1.41 bits per heavy atom. The molecule has 88 valence electrons. The van der Waals surface area contributed by atoms with Gasteiger partial charge in [0.25, 0.3) is 5.56 Å². The molecule has 2 aromatic rings. The van der Waals surface area contributed by atoms with Crippen molar-refractivity contribution in [2.24, 2.45) is 0 Å². The molecule has 2 unspecified atom stereocenters. The molecule has 1 fully saturated rings. The van der Waals surface area contributed by atoms with Gasteiger partial charge in [0.05, 0.1) is 0 Å². The van der Waals surface area contributed by atoms with E-state index in [1.807, 2.05) is 17.7 Å². The smallest absolute Gasteiger partial charge is 0.291 e. The van der Waals surface area contributed by atoms with Gasteiger partial charge in [-0.25, -0.2) is 4.68 Å². The summed E-state index contributed by atoms with van der Waals surface area (Å²) in [6, 6.07) is 2.11. The molecule has 2 heterocycles. The van der Waals surface area contributed by atoms with Crippen molar-refractivity contribution in [1.29, 1.82) is 0 Å². The predicted molar refractivity (Wildman–Crippen MR) is 64.5 cm³/mol. The number of nitrogens with zero attached hydrogens (tertiary/aromatic N) is 3. The van der Waals surface area contributed by atoms with Crippen molar-refractivity contribution in [2.45, 2.75) is 44.6 Å². The van der Waals surface area contributed by atoms with Crippen molar-refractivity contribution in [3.63, 3.8) is 0 Å². The second-order valence-corrected chi connectivity index (χ2v) is 5.20. The highest BCUT2D eigenvalue weighted by Gasteiger charge is 2.39. The maximum absolute atomic E-state index is 12.2. The molecule has 0 saturated heterocycles. The van der Waals surface area contributed by atoms with Crippen molar-refractivity contribution in [1.82, 2.24) is 14.2 Å². The second-order valence-electron chi connectivity index (χ2n) is 5.20. The predicted octanol–water partition coefficient (Wildman–Crippen LogP) is 1.88. The van der Waals surface area contributed by atoms with E-state index in [1.165, 1.54) is 35.2 Å². The zero-order valence-electron chi connectivity index (χ0n) is 9.89. The Bertz CT molecular complexity index is 667. The lowest BCUT2D eigenvalue weighted by Crippen LogP contribution is -2.23. The molecule has 0 aliphatic heterocycles. The summed E-state index contributed by atoms with van der Waals surface area (Å²) in [4.78, 5) is 12.2. The van der Waals surface area contributed by atoms with Gasteiger partial charge < -0.3 is 0 Å². The number of aromatic nitrogens is 3. The molecule has 0 N–H and O–H groups in total. The van der Waals surface area contributed by atoms with Gasteiger partial charge in [-0.2, -0.15) is 5.10 Å². The van der Waals surface area contributed by atoms with Crippen molar-refractivity contribution < 1.29 is 0 Å². The molecule has 4 rings (SSSR count). The first kappa shape index (κ1) is 9.45. The van der Waals surface area contributed by atoms with Crippen LogP contribution in [0.3, 0.4) is 0 Å². The highest BCUT2D eigenvalue weighted by Crippen LogP contribution is 2.53. The number of hydrogen-bond donors (Lipinski definition) is 0. The van der Waals surface area contributed by atoms with Crippen molar-refractivity contribution in [3.05, 3.63) is 34.0 Å². The first-order valence-corrected chi connectivity index (χ1v) is 6.40. The van der Waals surface area contributed by atoms with Crippen LogP contribution in [0.15, 0.2) is 17.2 Å². The van der Waals surface area contributed by atoms with Crippen LogP contribution in [0.2, 0.25) is 0 Å². The summed E-state index contributed by atoms with van der Waals surface area (Å²) >= 11 is 0. The van der Waals surface area contributed by atoms with Crippen molar-refractivity contribution in [3.8, 4) is 0 Å². The van der Waals surface area contributed by atoms with Crippen LogP contribution in [0.1, 0.15) is 49.3 Å². The van der Waals surface area contributed by atoms with E-state index in [-0.39, 0.29) is 5.56 Å². The molecule has 0 radical (unpaired) electrons. The molecule has 1 saturated carbocycles. The summed E-state index contributed by atoms with van der Waals surface area (Å²) in [5.41, 5.74) is 3.63. The van der Waals surface area contributed by atoms with E-state index >= 15 is 0 Å². The number of rotatable bonds is 1. The monoisotopic (exact) mass is 229 g/mol. The van der Waals surface area contributed by atoms with Gasteiger partial charge in [-0.3, -0.25) is 9.20 Å². The Morgan fingerprint density at radius 3 is 3.06 bits per heavy atom. The van der Waals surface area contributed by atoms with E-state index in [0.717, 1.165) is 5.52 Å².